The standard InChI is InChI=1S/C24H28N2O3/c1-17-10-11-21(27)18(15-17)16-26-14-6-13-25-12-5-8-20(25)23(26)19-7-4-9-22(28-2)24(19)29-3/h4-5,7-12,15,23,27H,6,13-14,16H2,1-3H3. The lowest BCUT2D eigenvalue weighted by Gasteiger charge is -2.32. The van der Waals surface area contributed by atoms with Gasteiger partial charge >= 0.3 is 0 Å². The third-order valence-electron chi connectivity index (χ3n) is 5.69. The summed E-state index contributed by atoms with van der Waals surface area (Å²) >= 11 is 0. The maximum absolute atomic E-state index is 10.5. The van der Waals surface area contributed by atoms with Gasteiger partial charge in [-0.25, -0.2) is 0 Å². The minimum atomic E-state index is -0.00235. The van der Waals surface area contributed by atoms with E-state index in [9.17, 15) is 5.11 Å². The monoisotopic (exact) mass is 392 g/mol. The Hall–Kier alpha value is -2.92. The third-order valence-corrected chi connectivity index (χ3v) is 5.69. The zero-order chi connectivity index (χ0) is 20.4. The summed E-state index contributed by atoms with van der Waals surface area (Å²) in [5.74, 6) is 1.82. The van der Waals surface area contributed by atoms with Gasteiger partial charge in [-0.15, -0.1) is 0 Å². The normalized spacial score (nSPS) is 16.9. The molecule has 5 heteroatoms. The van der Waals surface area contributed by atoms with Gasteiger partial charge in [0.1, 0.15) is 5.75 Å². The fourth-order valence-electron chi connectivity index (χ4n) is 4.35. The molecule has 0 aliphatic carbocycles. The van der Waals surface area contributed by atoms with Crippen molar-refractivity contribution in [1.82, 2.24) is 9.47 Å². The van der Waals surface area contributed by atoms with Crippen LogP contribution < -0.4 is 9.47 Å². The summed E-state index contributed by atoms with van der Waals surface area (Å²) < 4.78 is 13.7. The van der Waals surface area contributed by atoms with E-state index in [1.54, 1.807) is 20.3 Å². The number of phenols is 1. The van der Waals surface area contributed by atoms with E-state index in [-0.39, 0.29) is 6.04 Å². The zero-order valence-electron chi connectivity index (χ0n) is 17.3. The van der Waals surface area contributed by atoms with Gasteiger partial charge in [0, 0.05) is 42.7 Å². The molecule has 0 spiro atoms. The quantitative estimate of drug-likeness (QED) is 0.694. The third kappa shape index (κ3) is 3.70. The van der Waals surface area contributed by atoms with Crippen molar-refractivity contribution < 1.29 is 14.6 Å². The van der Waals surface area contributed by atoms with Gasteiger partial charge in [-0.3, -0.25) is 4.90 Å². The van der Waals surface area contributed by atoms with E-state index in [1.807, 2.05) is 18.2 Å². The van der Waals surface area contributed by atoms with Gasteiger partial charge in [-0.2, -0.15) is 0 Å². The number of phenolic OH excluding ortho intramolecular Hbond substituents is 1. The van der Waals surface area contributed by atoms with Crippen LogP contribution in [0.5, 0.6) is 17.2 Å². The molecule has 5 nitrogen and oxygen atoms in total. The fraction of sp³-hybridized carbons (Fsp3) is 0.333. The molecule has 2 aromatic carbocycles. The smallest absolute Gasteiger partial charge is 0.165 e. The number of hydrogen-bond donors (Lipinski definition) is 1. The second-order valence-electron chi connectivity index (χ2n) is 7.57. The number of para-hydroxylation sites is 1. The number of aromatic hydroxyl groups is 1. The van der Waals surface area contributed by atoms with Gasteiger partial charge in [0.25, 0.3) is 0 Å². The van der Waals surface area contributed by atoms with Gasteiger partial charge in [0.05, 0.1) is 20.3 Å². The van der Waals surface area contributed by atoms with E-state index in [0.29, 0.717) is 12.3 Å². The van der Waals surface area contributed by atoms with Crippen LogP contribution in [0.15, 0.2) is 54.7 Å². The zero-order valence-corrected chi connectivity index (χ0v) is 17.3. The van der Waals surface area contributed by atoms with Crippen molar-refractivity contribution in [2.24, 2.45) is 0 Å². The van der Waals surface area contributed by atoms with E-state index < -0.39 is 0 Å². The molecular formula is C24H28N2O3. The first kappa shape index (κ1) is 19.4. The SMILES string of the molecule is COc1cccc(C2c3cccn3CCCN2Cc2cc(C)ccc2O)c1OC. The highest BCUT2D eigenvalue weighted by molar-refractivity contribution is 5.50. The summed E-state index contributed by atoms with van der Waals surface area (Å²) in [6.07, 6.45) is 3.18. The highest BCUT2D eigenvalue weighted by Crippen LogP contribution is 2.42. The molecule has 0 bridgehead atoms. The number of rotatable bonds is 5. The second-order valence-corrected chi connectivity index (χ2v) is 7.57. The van der Waals surface area contributed by atoms with Crippen LogP contribution in [0.2, 0.25) is 0 Å². The summed E-state index contributed by atoms with van der Waals surface area (Å²) in [6.45, 7) is 4.60. The molecule has 1 unspecified atom stereocenters. The van der Waals surface area contributed by atoms with Crippen molar-refractivity contribution in [2.75, 3.05) is 20.8 Å². The van der Waals surface area contributed by atoms with Crippen molar-refractivity contribution in [3.63, 3.8) is 0 Å². The number of hydrogen-bond acceptors (Lipinski definition) is 4. The van der Waals surface area contributed by atoms with Crippen LogP contribution in [0.25, 0.3) is 0 Å². The molecule has 1 aliphatic heterocycles. The van der Waals surface area contributed by atoms with Gasteiger partial charge in [0.15, 0.2) is 11.5 Å². The average molecular weight is 392 g/mol. The lowest BCUT2D eigenvalue weighted by atomic mass is 9.99. The van der Waals surface area contributed by atoms with Crippen molar-refractivity contribution >= 4 is 0 Å². The molecule has 4 rings (SSSR count). The number of methoxy groups -OCH3 is 2. The van der Waals surface area contributed by atoms with Gasteiger partial charge in [-0.05, 0) is 37.6 Å². The van der Waals surface area contributed by atoms with Crippen molar-refractivity contribution in [3.05, 3.63) is 77.1 Å². The Morgan fingerprint density at radius 2 is 1.90 bits per heavy atom. The number of aryl methyl sites for hydroxylation is 2. The molecule has 1 atom stereocenters. The first-order chi connectivity index (χ1) is 14.1. The minimum absolute atomic E-state index is 0.00235. The molecule has 0 radical (unpaired) electrons. The predicted molar refractivity (Wildman–Crippen MR) is 114 cm³/mol. The molecule has 0 saturated carbocycles. The van der Waals surface area contributed by atoms with Crippen LogP contribution >= 0.6 is 0 Å². The Morgan fingerprint density at radius 3 is 2.69 bits per heavy atom. The van der Waals surface area contributed by atoms with E-state index in [0.717, 1.165) is 47.7 Å². The van der Waals surface area contributed by atoms with Crippen molar-refractivity contribution in [2.45, 2.75) is 32.5 Å². The molecule has 29 heavy (non-hydrogen) atoms. The molecular weight excluding hydrogens is 364 g/mol. The maximum Gasteiger partial charge on any atom is 0.165 e. The molecule has 1 N–H and O–H groups in total. The molecule has 0 saturated heterocycles. The predicted octanol–water partition coefficient (Wildman–Crippen LogP) is 4.51. The fourth-order valence-corrected chi connectivity index (χ4v) is 4.35. The van der Waals surface area contributed by atoms with Gasteiger partial charge < -0.3 is 19.1 Å². The average Bonchev–Trinajstić information content (AvgIpc) is 3.11. The van der Waals surface area contributed by atoms with E-state index in [1.165, 1.54) is 5.69 Å². The molecule has 0 amide bonds. The summed E-state index contributed by atoms with van der Waals surface area (Å²) in [5.41, 5.74) is 4.38. The molecule has 3 aromatic rings. The lowest BCUT2D eigenvalue weighted by Crippen LogP contribution is -2.30. The number of nitrogens with zero attached hydrogens (tertiary/aromatic N) is 2. The summed E-state index contributed by atoms with van der Waals surface area (Å²) in [6, 6.07) is 16.1. The second kappa shape index (κ2) is 8.21. The summed E-state index contributed by atoms with van der Waals surface area (Å²) in [5, 5.41) is 10.5. The van der Waals surface area contributed by atoms with E-state index in [2.05, 4.69) is 46.9 Å². The first-order valence-electron chi connectivity index (χ1n) is 10.0. The van der Waals surface area contributed by atoms with E-state index >= 15 is 0 Å². The number of fused-ring (bicyclic) bond motifs is 1. The van der Waals surface area contributed by atoms with Crippen LogP contribution in [0.3, 0.4) is 0 Å². The highest BCUT2D eigenvalue weighted by atomic mass is 16.5. The Bertz CT molecular complexity index is 996. The minimum Gasteiger partial charge on any atom is -0.508 e. The van der Waals surface area contributed by atoms with Crippen LogP contribution in [-0.2, 0) is 13.1 Å². The number of benzene rings is 2. The Labute approximate surface area is 172 Å². The van der Waals surface area contributed by atoms with Gasteiger partial charge in [0.2, 0.25) is 0 Å². The summed E-state index contributed by atoms with van der Waals surface area (Å²) in [4.78, 5) is 2.42. The topological polar surface area (TPSA) is 46.9 Å². The van der Waals surface area contributed by atoms with Crippen LogP contribution in [0.1, 0.15) is 34.8 Å². The lowest BCUT2D eigenvalue weighted by molar-refractivity contribution is 0.212. The molecule has 1 aromatic heterocycles. The van der Waals surface area contributed by atoms with Crippen LogP contribution in [-0.4, -0.2) is 35.3 Å². The first-order valence-corrected chi connectivity index (χ1v) is 10.0. The number of aromatic nitrogens is 1. The Morgan fingerprint density at radius 1 is 1.03 bits per heavy atom. The summed E-state index contributed by atoms with van der Waals surface area (Å²) in [7, 11) is 3.35. The van der Waals surface area contributed by atoms with Crippen molar-refractivity contribution in [1.29, 1.82) is 0 Å². The molecule has 2 heterocycles. The van der Waals surface area contributed by atoms with Gasteiger partial charge in [-0.1, -0.05) is 29.8 Å². The maximum atomic E-state index is 10.5. The Balaban J connectivity index is 1.83. The van der Waals surface area contributed by atoms with E-state index in [4.69, 9.17) is 9.47 Å². The Kier molecular flexibility index (Phi) is 5.49. The molecule has 0 fully saturated rings. The highest BCUT2D eigenvalue weighted by Gasteiger charge is 2.31. The molecule has 1 aliphatic rings. The van der Waals surface area contributed by atoms with Crippen LogP contribution in [0.4, 0.5) is 0 Å². The number of ether oxygens (including phenoxy) is 2. The largest absolute Gasteiger partial charge is 0.508 e. The van der Waals surface area contributed by atoms with Crippen LogP contribution in [0, 0.1) is 6.92 Å². The van der Waals surface area contributed by atoms with Crippen molar-refractivity contribution in [3.8, 4) is 17.2 Å². The molecule has 152 valence electrons.